The largest absolute Gasteiger partial charge is 0.391 e. The lowest BCUT2D eigenvalue weighted by molar-refractivity contribution is -0.120. The Kier molecular flexibility index (Phi) is 6.05. The molecule has 0 radical (unpaired) electrons. The van der Waals surface area contributed by atoms with E-state index in [1.54, 1.807) is 18.9 Å². The molecule has 88 valence electrons. The predicted octanol–water partition coefficient (Wildman–Crippen LogP) is 0.396. The van der Waals surface area contributed by atoms with Crippen molar-refractivity contribution in [1.82, 2.24) is 5.32 Å². The summed E-state index contributed by atoms with van der Waals surface area (Å²) >= 11 is 1.72. The minimum Gasteiger partial charge on any atom is -0.391 e. The van der Waals surface area contributed by atoms with Gasteiger partial charge < -0.3 is 15.2 Å². The van der Waals surface area contributed by atoms with Gasteiger partial charge >= 0.3 is 0 Å². The summed E-state index contributed by atoms with van der Waals surface area (Å²) in [7, 11) is 1.55. The topological polar surface area (TPSA) is 58.6 Å². The Bertz CT molecular complexity index is 195. The Hall–Kier alpha value is -0.260. The van der Waals surface area contributed by atoms with Crippen molar-refractivity contribution in [2.45, 2.75) is 30.6 Å². The van der Waals surface area contributed by atoms with Gasteiger partial charge in [-0.2, -0.15) is 0 Å². The van der Waals surface area contributed by atoms with Crippen molar-refractivity contribution in [3.05, 3.63) is 0 Å². The van der Waals surface area contributed by atoms with Crippen LogP contribution in [-0.4, -0.2) is 48.4 Å². The number of methoxy groups -OCH3 is 1. The van der Waals surface area contributed by atoms with E-state index in [9.17, 15) is 9.90 Å². The summed E-state index contributed by atoms with van der Waals surface area (Å²) in [6.07, 6.45) is 2.19. The first-order valence-corrected chi connectivity index (χ1v) is 6.35. The minimum absolute atomic E-state index is 0.113. The molecule has 1 rings (SSSR count). The van der Waals surface area contributed by atoms with E-state index in [4.69, 9.17) is 4.74 Å². The first-order chi connectivity index (χ1) is 7.24. The van der Waals surface area contributed by atoms with Crippen molar-refractivity contribution >= 4 is 17.7 Å². The molecule has 0 aromatic carbocycles. The molecule has 1 heterocycles. The fraction of sp³-hybridized carbons (Fsp3) is 0.900. The van der Waals surface area contributed by atoms with Crippen LogP contribution in [0.3, 0.4) is 0 Å². The summed E-state index contributed by atoms with van der Waals surface area (Å²) in [5, 5.41) is 12.3. The van der Waals surface area contributed by atoms with Crippen LogP contribution >= 0.6 is 11.8 Å². The molecule has 1 aliphatic rings. The lowest BCUT2D eigenvalue weighted by Gasteiger charge is -2.12. The van der Waals surface area contributed by atoms with Crippen LogP contribution in [-0.2, 0) is 9.53 Å². The molecule has 0 bridgehead atoms. The number of thioether (sulfide) groups is 1. The second-order valence-electron chi connectivity index (χ2n) is 3.69. The molecular weight excluding hydrogens is 214 g/mol. The average molecular weight is 233 g/mol. The van der Waals surface area contributed by atoms with Gasteiger partial charge in [-0.15, -0.1) is 11.8 Å². The van der Waals surface area contributed by atoms with Gasteiger partial charge in [0.05, 0.1) is 18.0 Å². The lowest BCUT2D eigenvalue weighted by atomic mass is 10.2. The molecule has 1 saturated heterocycles. The number of carbonyl (C=O) groups is 1. The molecule has 0 spiro atoms. The number of ether oxygens (including phenoxy) is 1. The predicted molar refractivity (Wildman–Crippen MR) is 61.0 cm³/mol. The highest BCUT2D eigenvalue weighted by molar-refractivity contribution is 8.00. The van der Waals surface area contributed by atoms with Gasteiger partial charge in [-0.25, -0.2) is 0 Å². The third-order valence-corrected chi connectivity index (χ3v) is 3.73. The molecule has 2 N–H and O–H groups in total. The summed E-state index contributed by atoms with van der Waals surface area (Å²) in [6.45, 7) is 0.856. The Morgan fingerprint density at radius 3 is 3.13 bits per heavy atom. The first-order valence-electron chi connectivity index (χ1n) is 5.30. The van der Waals surface area contributed by atoms with E-state index in [0.717, 1.165) is 18.6 Å². The number of aliphatic hydroxyl groups excluding tert-OH is 1. The second kappa shape index (κ2) is 7.09. The van der Waals surface area contributed by atoms with Crippen LogP contribution in [0.25, 0.3) is 0 Å². The van der Waals surface area contributed by atoms with Crippen molar-refractivity contribution in [2.24, 2.45) is 0 Å². The standard InChI is InChI=1S/C10H19NO3S/c1-14-7-8(12)4-5-11-10(13)9-3-2-6-15-9/h8-9,12H,2-7H2,1H3,(H,11,13). The number of nitrogens with one attached hydrogen (secondary N) is 1. The summed E-state index contributed by atoms with van der Waals surface area (Å²) in [6, 6.07) is 0. The molecule has 1 fully saturated rings. The zero-order valence-corrected chi connectivity index (χ0v) is 9.89. The molecule has 0 saturated carbocycles. The van der Waals surface area contributed by atoms with Crippen molar-refractivity contribution < 1.29 is 14.6 Å². The Labute approximate surface area is 94.8 Å². The van der Waals surface area contributed by atoms with Crippen molar-refractivity contribution in [2.75, 3.05) is 26.0 Å². The van der Waals surface area contributed by atoms with E-state index in [1.165, 1.54) is 0 Å². The van der Waals surface area contributed by atoms with Gasteiger partial charge in [0, 0.05) is 13.7 Å². The molecule has 0 aromatic heterocycles. The quantitative estimate of drug-likeness (QED) is 0.697. The summed E-state index contributed by atoms with van der Waals surface area (Å²) in [4.78, 5) is 11.5. The lowest BCUT2D eigenvalue weighted by Crippen LogP contribution is -2.34. The maximum atomic E-state index is 11.5. The van der Waals surface area contributed by atoms with Crippen LogP contribution in [0.2, 0.25) is 0 Å². The van der Waals surface area contributed by atoms with Crippen LogP contribution in [0.1, 0.15) is 19.3 Å². The maximum Gasteiger partial charge on any atom is 0.233 e. The molecular formula is C10H19NO3S. The van der Waals surface area contributed by atoms with E-state index < -0.39 is 6.10 Å². The average Bonchev–Trinajstić information content (AvgIpc) is 2.70. The van der Waals surface area contributed by atoms with E-state index in [1.807, 2.05) is 0 Å². The highest BCUT2D eigenvalue weighted by Crippen LogP contribution is 2.25. The second-order valence-corrected chi connectivity index (χ2v) is 5.00. The third kappa shape index (κ3) is 4.86. The Balaban J connectivity index is 2.06. The molecule has 15 heavy (non-hydrogen) atoms. The molecule has 0 aliphatic carbocycles. The minimum atomic E-state index is -0.480. The monoisotopic (exact) mass is 233 g/mol. The number of carbonyl (C=O) groups excluding carboxylic acids is 1. The van der Waals surface area contributed by atoms with Gasteiger partial charge in [0.2, 0.25) is 5.91 Å². The fourth-order valence-electron chi connectivity index (χ4n) is 1.54. The summed E-state index contributed by atoms with van der Waals surface area (Å²) < 4.78 is 4.79. The molecule has 1 amide bonds. The molecule has 4 nitrogen and oxygen atoms in total. The summed E-state index contributed by atoms with van der Waals surface area (Å²) in [5.41, 5.74) is 0. The van der Waals surface area contributed by atoms with Gasteiger partial charge in [0.15, 0.2) is 0 Å². The first kappa shape index (κ1) is 12.8. The highest BCUT2D eigenvalue weighted by Gasteiger charge is 2.22. The van der Waals surface area contributed by atoms with Gasteiger partial charge in [-0.3, -0.25) is 4.79 Å². The zero-order valence-electron chi connectivity index (χ0n) is 9.07. The molecule has 2 unspecified atom stereocenters. The molecule has 5 heteroatoms. The van der Waals surface area contributed by atoms with Crippen LogP contribution in [0.5, 0.6) is 0 Å². The van der Waals surface area contributed by atoms with E-state index in [2.05, 4.69) is 5.32 Å². The van der Waals surface area contributed by atoms with Crippen molar-refractivity contribution in [3.63, 3.8) is 0 Å². The number of hydrogen-bond donors (Lipinski definition) is 2. The van der Waals surface area contributed by atoms with Crippen LogP contribution in [0, 0.1) is 0 Å². The number of hydrogen-bond acceptors (Lipinski definition) is 4. The van der Waals surface area contributed by atoms with Gasteiger partial charge in [0.25, 0.3) is 0 Å². The number of aliphatic hydroxyl groups is 1. The van der Waals surface area contributed by atoms with Crippen LogP contribution in [0.4, 0.5) is 0 Å². The van der Waals surface area contributed by atoms with Crippen LogP contribution in [0.15, 0.2) is 0 Å². The highest BCUT2D eigenvalue weighted by atomic mass is 32.2. The Morgan fingerprint density at radius 1 is 1.73 bits per heavy atom. The van der Waals surface area contributed by atoms with Gasteiger partial charge in [-0.1, -0.05) is 0 Å². The van der Waals surface area contributed by atoms with Gasteiger partial charge in [-0.05, 0) is 25.0 Å². The van der Waals surface area contributed by atoms with Gasteiger partial charge in [0.1, 0.15) is 0 Å². The fourth-order valence-corrected chi connectivity index (χ4v) is 2.72. The number of amides is 1. The summed E-state index contributed by atoms with van der Waals surface area (Å²) in [5.74, 6) is 1.20. The third-order valence-electron chi connectivity index (χ3n) is 2.36. The van der Waals surface area contributed by atoms with E-state index in [0.29, 0.717) is 19.6 Å². The Morgan fingerprint density at radius 2 is 2.53 bits per heavy atom. The van der Waals surface area contributed by atoms with E-state index >= 15 is 0 Å². The molecule has 0 aromatic rings. The smallest absolute Gasteiger partial charge is 0.233 e. The van der Waals surface area contributed by atoms with Crippen molar-refractivity contribution in [1.29, 1.82) is 0 Å². The number of rotatable bonds is 6. The van der Waals surface area contributed by atoms with E-state index in [-0.39, 0.29) is 11.2 Å². The van der Waals surface area contributed by atoms with Crippen molar-refractivity contribution in [3.8, 4) is 0 Å². The molecule has 1 aliphatic heterocycles. The zero-order chi connectivity index (χ0) is 11.1. The SMILES string of the molecule is COCC(O)CCNC(=O)C1CCCS1. The molecule has 2 atom stereocenters. The normalized spacial score (nSPS) is 22.7. The van der Waals surface area contributed by atoms with Crippen LogP contribution < -0.4 is 5.32 Å². The maximum absolute atomic E-state index is 11.5.